The number of halogens is 1. The molecule has 3 amide bonds. The van der Waals surface area contributed by atoms with Gasteiger partial charge in [0, 0.05) is 36.6 Å². The van der Waals surface area contributed by atoms with E-state index in [1.807, 2.05) is 35.2 Å². The van der Waals surface area contributed by atoms with E-state index in [1.54, 1.807) is 35.2 Å². The molecule has 152 valence electrons. The van der Waals surface area contributed by atoms with Crippen LogP contribution in [0.15, 0.2) is 78.9 Å². The molecule has 1 saturated heterocycles. The van der Waals surface area contributed by atoms with E-state index in [1.165, 1.54) is 18.2 Å². The first-order valence-corrected chi connectivity index (χ1v) is 9.87. The Morgan fingerprint density at radius 3 is 2.43 bits per heavy atom. The first kappa shape index (κ1) is 19.6. The van der Waals surface area contributed by atoms with Gasteiger partial charge in [-0.25, -0.2) is 9.18 Å². The van der Waals surface area contributed by atoms with Crippen LogP contribution in [0.3, 0.4) is 0 Å². The van der Waals surface area contributed by atoms with Gasteiger partial charge in [-0.05, 0) is 54.4 Å². The zero-order valence-electron chi connectivity index (χ0n) is 16.4. The molecule has 0 unspecified atom stereocenters. The number of carbonyl (C=O) groups is 2. The lowest BCUT2D eigenvalue weighted by Crippen LogP contribution is -2.49. The predicted octanol–water partition coefficient (Wildman–Crippen LogP) is 4.91. The summed E-state index contributed by atoms with van der Waals surface area (Å²) in [5.41, 5.74) is 2.68. The van der Waals surface area contributed by atoms with Crippen molar-refractivity contribution in [1.82, 2.24) is 4.90 Å². The van der Waals surface area contributed by atoms with E-state index in [9.17, 15) is 14.0 Å². The summed E-state index contributed by atoms with van der Waals surface area (Å²) in [6, 6.07) is 22.5. The Morgan fingerprint density at radius 2 is 1.70 bits per heavy atom. The maximum atomic E-state index is 13.3. The number of rotatable bonds is 5. The smallest absolute Gasteiger partial charge is 0.322 e. The van der Waals surface area contributed by atoms with Crippen LogP contribution in [0.2, 0.25) is 0 Å². The van der Waals surface area contributed by atoms with Crippen LogP contribution < -0.4 is 10.2 Å². The Labute approximate surface area is 174 Å². The Bertz CT molecular complexity index is 1040. The Hall–Kier alpha value is -3.67. The van der Waals surface area contributed by atoms with Crippen LogP contribution in [0.25, 0.3) is 0 Å². The number of nitrogens with zero attached hydrogens (tertiary/aromatic N) is 2. The second-order valence-electron chi connectivity index (χ2n) is 7.21. The van der Waals surface area contributed by atoms with E-state index < -0.39 is 5.82 Å². The second kappa shape index (κ2) is 8.78. The maximum Gasteiger partial charge on any atom is 0.324 e. The minimum Gasteiger partial charge on any atom is -0.322 e. The van der Waals surface area contributed by atoms with Gasteiger partial charge in [-0.1, -0.05) is 36.4 Å². The summed E-state index contributed by atoms with van der Waals surface area (Å²) in [6.45, 7) is 1.93. The zero-order chi connectivity index (χ0) is 20.9. The minimum atomic E-state index is -0.410. The van der Waals surface area contributed by atoms with Crippen LogP contribution in [0.5, 0.6) is 0 Å². The summed E-state index contributed by atoms with van der Waals surface area (Å²) in [7, 11) is 0. The van der Waals surface area contributed by atoms with Gasteiger partial charge in [-0.15, -0.1) is 0 Å². The standard InChI is InChI=1S/C24H22FN3O2/c25-20-8-4-9-21(16-20)26-23(29)19-10-12-22(13-11-19)28-15-5-14-27(24(28)30)17-18-6-2-1-3-7-18/h1-4,6-13,16H,5,14-15,17H2,(H,26,29). The highest BCUT2D eigenvalue weighted by atomic mass is 19.1. The van der Waals surface area contributed by atoms with Crippen molar-refractivity contribution in [2.24, 2.45) is 0 Å². The molecule has 1 fully saturated rings. The first-order chi connectivity index (χ1) is 14.6. The van der Waals surface area contributed by atoms with Gasteiger partial charge in [0.1, 0.15) is 5.82 Å². The van der Waals surface area contributed by atoms with Crippen molar-refractivity contribution in [1.29, 1.82) is 0 Å². The van der Waals surface area contributed by atoms with Crippen LogP contribution in [-0.2, 0) is 6.54 Å². The van der Waals surface area contributed by atoms with Crippen molar-refractivity contribution < 1.29 is 14.0 Å². The fourth-order valence-corrected chi connectivity index (χ4v) is 3.53. The lowest BCUT2D eigenvalue weighted by atomic mass is 10.1. The molecule has 1 aliphatic heterocycles. The van der Waals surface area contributed by atoms with Crippen molar-refractivity contribution in [2.75, 3.05) is 23.3 Å². The molecule has 0 spiro atoms. The number of nitrogens with one attached hydrogen (secondary N) is 1. The molecule has 0 aromatic heterocycles. The Morgan fingerprint density at radius 1 is 0.933 bits per heavy atom. The molecule has 0 aliphatic carbocycles. The summed E-state index contributed by atoms with van der Waals surface area (Å²) >= 11 is 0. The summed E-state index contributed by atoms with van der Waals surface area (Å²) < 4.78 is 13.3. The molecule has 0 atom stereocenters. The van der Waals surface area contributed by atoms with E-state index in [2.05, 4.69) is 5.32 Å². The molecule has 1 aliphatic rings. The monoisotopic (exact) mass is 403 g/mol. The van der Waals surface area contributed by atoms with Crippen molar-refractivity contribution >= 4 is 23.3 Å². The van der Waals surface area contributed by atoms with E-state index in [0.717, 1.165) is 24.2 Å². The molecule has 3 aromatic rings. The number of hydrogen-bond donors (Lipinski definition) is 1. The summed E-state index contributed by atoms with van der Waals surface area (Å²) in [4.78, 5) is 28.9. The van der Waals surface area contributed by atoms with E-state index in [0.29, 0.717) is 24.3 Å². The van der Waals surface area contributed by atoms with Crippen LogP contribution >= 0.6 is 0 Å². The Balaban J connectivity index is 1.44. The highest BCUT2D eigenvalue weighted by Gasteiger charge is 2.26. The zero-order valence-corrected chi connectivity index (χ0v) is 16.4. The predicted molar refractivity (Wildman–Crippen MR) is 115 cm³/mol. The van der Waals surface area contributed by atoms with Gasteiger partial charge in [0.05, 0.1) is 0 Å². The highest BCUT2D eigenvalue weighted by molar-refractivity contribution is 6.04. The molecule has 4 rings (SSSR count). The quantitative estimate of drug-likeness (QED) is 0.658. The largest absolute Gasteiger partial charge is 0.324 e. The molecule has 30 heavy (non-hydrogen) atoms. The summed E-state index contributed by atoms with van der Waals surface area (Å²) in [5, 5.41) is 2.67. The lowest BCUT2D eigenvalue weighted by molar-refractivity contribution is 0.102. The number of benzene rings is 3. The van der Waals surface area contributed by atoms with Gasteiger partial charge in [0.25, 0.3) is 5.91 Å². The van der Waals surface area contributed by atoms with Gasteiger partial charge >= 0.3 is 6.03 Å². The number of carbonyl (C=O) groups excluding carboxylic acids is 2. The van der Waals surface area contributed by atoms with Crippen LogP contribution in [0.1, 0.15) is 22.3 Å². The van der Waals surface area contributed by atoms with Crippen molar-refractivity contribution in [3.05, 3.63) is 95.8 Å². The molecule has 1 N–H and O–H groups in total. The minimum absolute atomic E-state index is 0.0398. The number of hydrogen-bond acceptors (Lipinski definition) is 2. The SMILES string of the molecule is O=C(Nc1cccc(F)c1)c1ccc(N2CCCN(Cc3ccccc3)C2=O)cc1. The van der Waals surface area contributed by atoms with Gasteiger partial charge < -0.3 is 10.2 Å². The van der Waals surface area contributed by atoms with E-state index >= 15 is 0 Å². The van der Waals surface area contributed by atoms with Gasteiger partial charge in [-0.2, -0.15) is 0 Å². The molecular formula is C24H22FN3O2. The summed E-state index contributed by atoms with van der Waals surface area (Å²) in [5.74, 6) is -0.741. The van der Waals surface area contributed by atoms with Gasteiger partial charge in [0.2, 0.25) is 0 Å². The van der Waals surface area contributed by atoms with E-state index in [-0.39, 0.29) is 11.9 Å². The third-order valence-electron chi connectivity index (χ3n) is 5.05. The van der Waals surface area contributed by atoms with E-state index in [4.69, 9.17) is 0 Å². The van der Waals surface area contributed by atoms with Crippen molar-refractivity contribution in [3.8, 4) is 0 Å². The molecular weight excluding hydrogens is 381 g/mol. The fourth-order valence-electron chi connectivity index (χ4n) is 3.53. The van der Waals surface area contributed by atoms with Crippen LogP contribution in [-0.4, -0.2) is 29.9 Å². The van der Waals surface area contributed by atoms with Crippen molar-refractivity contribution in [2.45, 2.75) is 13.0 Å². The van der Waals surface area contributed by atoms with Gasteiger partial charge in [0.15, 0.2) is 0 Å². The van der Waals surface area contributed by atoms with Crippen molar-refractivity contribution in [3.63, 3.8) is 0 Å². The molecule has 0 radical (unpaired) electrons. The third-order valence-corrected chi connectivity index (χ3v) is 5.05. The average Bonchev–Trinajstić information content (AvgIpc) is 2.76. The molecule has 3 aromatic carbocycles. The molecule has 0 bridgehead atoms. The fraction of sp³-hybridized carbons (Fsp3) is 0.167. The number of urea groups is 1. The van der Waals surface area contributed by atoms with Gasteiger partial charge in [-0.3, -0.25) is 9.69 Å². The molecule has 6 heteroatoms. The number of anilines is 2. The molecule has 0 saturated carbocycles. The molecule has 5 nitrogen and oxygen atoms in total. The maximum absolute atomic E-state index is 13.3. The second-order valence-corrected chi connectivity index (χ2v) is 7.21. The number of amides is 3. The molecule has 1 heterocycles. The normalized spacial score (nSPS) is 14.0. The average molecular weight is 403 g/mol. The topological polar surface area (TPSA) is 52.7 Å². The highest BCUT2D eigenvalue weighted by Crippen LogP contribution is 2.22. The van der Waals surface area contributed by atoms with Crippen LogP contribution in [0, 0.1) is 5.82 Å². The summed E-state index contributed by atoms with van der Waals surface area (Å²) in [6.07, 6.45) is 0.875. The lowest BCUT2D eigenvalue weighted by Gasteiger charge is -2.35. The Kier molecular flexibility index (Phi) is 5.75. The van der Waals surface area contributed by atoms with Crippen LogP contribution in [0.4, 0.5) is 20.6 Å². The third kappa shape index (κ3) is 4.49. The first-order valence-electron chi connectivity index (χ1n) is 9.87.